The second kappa shape index (κ2) is 9.17. The van der Waals surface area contributed by atoms with Crippen LogP contribution in [0.4, 0.5) is 0 Å². The van der Waals surface area contributed by atoms with Crippen molar-refractivity contribution in [3.63, 3.8) is 0 Å². The zero-order chi connectivity index (χ0) is 25.5. The van der Waals surface area contributed by atoms with E-state index in [4.69, 9.17) is 14.1 Å². The highest BCUT2D eigenvalue weighted by atomic mass is 16.5. The molecule has 0 saturated heterocycles. The van der Waals surface area contributed by atoms with Gasteiger partial charge in [0.1, 0.15) is 12.2 Å². The number of aromatic nitrogens is 1. The molecule has 5 aromatic rings. The third-order valence-corrected chi connectivity index (χ3v) is 7.16. The van der Waals surface area contributed by atoms with Crippen molar-refractivity contribution in [3.8, 4) is 0 Å². The Morgan fingerprint density at radius 3 is 2.59 bits per heavy atom. The molecule has 5 heteroatoms. The highest BCUT2D eigenvalue weighted by Gasteiger charge is 2.28. The Bertz CT molecular complexity index is 1780. The number of pyridine rings is 1. The fourth-order valence-corrected chi connectivity index (χ4v) is 5.12. The molecule has 0 N–H and O–H groups in total. The number of esters is 1. The van der Waals surface area contributed by atoms with Crippen LogP contribution in [0, 0.1) is 13.8 Å². The van der Waals surface area contributed by atoms with Gasteiger partial charge in [-0.05, 0) is 66.7 Å². The van der Waals surface area contributed by atoms with E-state index in [-0.39, 0.29) is 6.61 Å². The second-order valence-corrected chi connectivity index (χ2v) is 9.46. The van der Waals surface area contributed by atoms with Gasteiger partial charge < -0.3 is 9.15 Å². The maximum Gasteiger partial charge on any atom is 0.339 e. The molecule has 0 radical (unpaired) electrons. The number of aryl methyl sites for hydroxylation is 2. The minimum atomic E-state index is -0.460. The van der Waals surface area contributed by atoms with Crippen molar-refractivity contribution in [2.24, 2.45) is 0 Å². The lowest BCUT2D eigenvalue weighted by atomic mass is 10.0. The lowest BCUT2D eigenvalue weighted by Crippen LogP contribution is -2.12. The number of carbonyl (C=O) groups excluding carboxylic acids is 1. The fourth-order valence-electron chi connectivity index (χ4n) is 5.12. The van der Waals surface area contributed by atoms with Crippen LogP contribution in [-0.2, 0) is 17.8 Å². The average molecular weight is 488 g/mol. The number of para-hydroxylation sites is 1. The third kappa shape index (κ3) is 4.12. The molecule has 6 rings (SSSR count). The maximum absolute atomic E-state index is 13.6. The molecule has 0 aliphatic heterocycles. The van der Waals surface area contributed by atoms with Crippen LogP contribution in [-0.4, -0.2) is 11.0 Å². The zero-order valence-corrected chi connectivity index (χ0v) is 20.7. The van der Waals surface area contributed by atoms with Gasteiger partial charge in [-0.15, -0.1) is 0 Å². The SMILES string of the molecule is Cc1ccc2c(COC(=O)c3c4c(nc5ccccc35)C(=Cc3ccccc3)CC4)cc(=O)oc2c1C. The van der Waals surface area contributed by atoms with Crippen molar-refractivity contribution in [2.75, 3.05) is 0 Å². The molecule has 2 heterocycles. The van der Waals surface area contributed by atoms with E-state index in [2.05, 4.69) is 18.2 Å². The van der Waals surface area contributed by atoms with Crippen LogP contribution >= 0.6 is 0 Å². The Balaban J connectivity index is 1.40. The summed E-state index contributed by atoms with van der Waals surface area (Å²) in [5, 5.41) is 1.55. The Hall–Kier alpha value is -4.51. The van der Waals surface area contributed by atoms with Crippen LogP contribution in [0.5, 0.6) is 0 Å². The number of carbonyl (C=O) groups is 1. The summed E-state index contributed by atoms with van der Waals surface area (Å²) in [6.07, 6.45) is 3.66. The normalized spacial score (nSPS) is 13.8. The molecule has 37 heavy (non-hydrogen) atoms. The maximum atomic E-state index is 13.6. The van der Waals surface area contributed by atoms with Crippen molar-refractivity contribution < 1.29 is 13.9 Å². The quantitative estimate of drug-likeness (QED) is 0.206. The molecule has 3 aromatic carbocycles. The standard InChI is InChI=1S/C32H25NO4/c1-19-12-14-24-23(17-28(34)37-31(24)20(19)2)18-36-32(35)29-25-10-6-7-11-27(25)33-30-22(13-15-26(29)30)16-21-8-4-3-5-9-21/h3-12,14,16-17H,13,15,18H2,1-2H3. The van der Waals surface area contributed by atoms with Gasteiger partial charge in [-0.1, -0.05) is 60.7 Å². The van der Waals surface area contributed by atoms with Gasteiger partial charge in [-0.25, -0.2) is 14.6 Å². The Morgan fingerprint density at radius 2 is 1.76 bits per heavy atom. The van der Waals surface area contributed by atoms with Crippen LogP contribution in [0.15, 0.2) is 82.0 Å². The highest BCUT2D eigenvalue weighted by Crippen LogP contribution is 2.38. The number of rotatable bonds is 4. The lowest BCUT2D eigenvalue weighted by molar-refractivity contribution is 0.0475. The van der Waals surface area contributed by atoms with Crippen molar-refractivity contribution in [2.45, 2.75) is 33.3 Å². The van der Waals surface area contributed by atoms with E-state index in [1.807, 2.05) is 68.4 Å². The number of ether oxygens (including phenoxy) is 1. The molecule has 0 unspecified atom stereocenters. The fraction of sp³-hybridized carbons (Fsp3) is 0.156. The molecule has 5 nitrogen and oxygen atoms in total. The molecule has 182 valence electrons. The van der Waals surface area contributed by atoms with Gasteiger partial charge in [-0.2, -0.15) is 0 Å². The summed E-state index contributed by atoms with van der Waals surface area (Å²) in [6.45, 7) is 3.86. The molecule has 0 amide bonds. The zero-order valence-electron chi connectivity index (χ0n) is 20.7. The predicted molar refractivity (Wildman–Crippen MR) is 145 cm³/mol. The number of benzene rings is 3. The van der Waals surface area contributed by atoms with Crippen LogP contribution in [0.1, 0.15) is 50.3 Å². The van der Waals surface area contributed by atoms with E-state index < -0.39 is 11.6 Å². The predicted octanol–water partition coefficient (Wildman–Crippen LogP) is 6.80. The molecular formula is C32H25NO4. The molecule has 2 aromatic heterocycles. The number of hydrogen-bond acceptors (Lipinski definition) is 5. The number of hydrogen-bond donors (Lipinski definition) is 0. The summed E-state index contributed by atoms with van der Waals surface area (Å²) < 4.78 is 11.3. The topological polar surface area (TPSA) is 69.4 Å². The number of nitrogens with zero attached hydrogens (tertiary/aromatic N) is 1. The van der Waals surface area contributed by atoms with Gasteiger partial charge in [0, 0.05) is 22.4 Å². The van der Waals surface area contributed by atoms with Crippen LogP contribution in [0.25, 0.3) is 33.5 Å². The van der Waals surface area contributed by atoms with E-state index in [9.17, 15) is 9.59 Å². The van der Waals surface area contributed by atoms with E-state index in [0.717, 1.165) is 56.2 Å². The second-order valence-electron chi connectivity index (χ2n) is 9.46. The number of allylic oxidation sites excluding steroid dienone is 1. The van der Waals surface area contributed by atoms with Gasteiger partial charge in [0.05, 0.1) is 16.8 Å². The molecule has 0 spiro atoms. The molecule has 1 aliphatic carbocycles. The van der Waals surface area contributed by atoms with E-state index in [0.29, 0.717) is 23.1 Å². The van der Waals surface area contributed by atoms with Crippen molar-refractivity contribution in [1.82, 2.24) is 4.98 Å². The first-order chi connectivity index (χ1) is 18.0. The Morgan fingerprint density at radius 1 is 0.973 bits per heavy atom. The van der Waals surface area contributed by atoms with Gasteiger partial charge in [-0.3, -0.25) is 0 Å². The summed E-state index contributed by atoms with van der Waals surface area (Å²) in [5.74, 6) is -0.416. The van der Waals surface area contributed by atoms with Crippen molar-refractivity contribution in [3.05, 3.63) is 122 Å². The van der Waals surface area contributed by atoms with Crippen LogP contribution in [0.3, 0.4) is 0 Å². The van der Waals surface area contributed by atoms with Gasteiger partial charge in [0.2, 0.25) is 0 Å². The van der Waals surface area contributed by atoms with E-state index in [1.165, 1.54) is 6.07 Å². The van der Waals surface area contributed by atoms with Gasteiger partial charge >= 0.3 is 11.6 Å². The van der Waals surface area contributed by atoms with Crippen molar-refractivity contribution >= 4 is 39.5 Å². The molecule has 0 bridgehead atoms. The van der Waals surface area contributed by atoms with Gasteiger partial charge in [0.25, 0.3) is 0 Å². The summed E-state index contributed by atoms with van der Waals surface area (Å²) in [7, 11) is 0. The first-order valence-electron chi connectivity index (χ1n) is 12.4. The Labute approximate surface area is 214 Å². The third-order valence-electron chi connectivity index (χ3n) is 7.16. The monoisotopic (exact) mass is 487 g/mol. The summed E-state index contributed by atoms with van der Waals surface area (Å²) in [6, 6.07) is 23.1. The molecule has 0 saturated carbocycles. The average Bonchev–Trinajstić information content (AvgIpc) is 3.30. The largest absolute Gasteiger partial charge is 0.457 e. The summed E-state index contributed by atoms with van der Waals surface area (Å²) in [5.41, 5.74) is 7.92. The summed E-state index contributed by atoms with van der Waals surface area (Å²) >= 11 is 0. The van der Waals surface area contributed by atoms with E-state index in [1.54, 1.807) is 0 Å². The van der Waals surface area contributed by atoms with E-state index >= 15 is 0 Å². The molecule has 0 atom stereocenters. The minimum Gasteiger partial charge on any atom is -0.457 e. The van der Waals surface area contributed by atoms with Crippen LogP contribution < -0.4 is 5.63 Å². The smallest absolute Gasteiger partial charge is 0.339 e. The first-order valence-corrected chi connectivity index (χ1v) is 12.4. The van der Waals surface area contributed by atoms with Gasteiger partial charge in [0.15, 0.2) is 0 Å². The molecule has 1 aliphatic rings. The summed E-state index contributed by atoms with van der Waals surface area (Å²) in [4.78, 5) is 30.8. The molecule has 0 fully saturated rings. The highest BCUT2D eigenvalue weighted by molar-refractivity contribution is 6.07. The van der Waals surface area contributed by atoms with Crippen molar-refractivity contribution in [1.29, 1.82) is 0 Å². The molecular weight excluding hydrogens is 462 g/mol. The van der Waals surface area contributed by atoms with Crippen LogP contribution in [0.2, 0.25) is 0 Å². The number of fused-ring (bicyclic) bond motifs is 3. The lowest BCUT2D eigenvalue weighted by Gasteiger charge is -2.13. The minimum absolute atomic E-state index is 0.0262. The Kier molecular flexibility index (Phi) is 5.68. The first kappa shape index (κ1) is 22.9.